The fourth-order valence-electron chi connectivity index (χ4n) is 2.12. The number of halogens is 1. The third-order valence-electron chi connectivity index (χ3n) is 3.17. The molecule has 1 saturated heterocycles. The lowest BCUT2D eigenvalue weighted by molar-refractivity contribution is -0.143. The molecule has 5 heteroatoms. The summed E-state index contributed by atoms with van der Waals surface area (Å²) in [6.45, 7) is 2.36. The first-order chi connectivity index (χ1) is 8.16. The Labute approximate surface area is 105 Å². The predicted octanol–water partition coefficient (Wildman–Crippen LogP) is 2.03. The lowest BCUT2D eigenvalue weighted by Crippen LogP contribution is -2.35. The van der Waals surface area contributed by atoms with Crippen LogP contribution in [-0.4, -0.2) is 34.0 Å². The van der Waals surface area contributed by atoms with E-state index >= 15 is 0 Å². The van der Waals surface area contributed by atoms with Crippen molar-refractivity contribution in [3.63, 3.8) is 0 Å². The number of hydrogen-bond donors (Lipinski definition) is 1. The predicted molar refractivity (Wildman–Crippen MR) is 64.9 cm³/mol. The van der Waals surface area contributed by atoms with Crippen molar-refractivity contribution in [2.24, 2.45) is 5.92 Å². The van der Waals surface area contributed by atoms with Crippen molar-refractivity contribution in [1.82, 2.24) is 9.88 Å². The number of aliphatic carboxylic acids is 1. The molecule has 1 aliphatic rings. The highest BCUT2D eigenvalue weighted by Gasteiger charge is 2.24. The summed E-state index contributed by atoms with van der Waals surface area (Å²) in [5.74, 6) is -0.861. The number of carboxylic acids is 1. The highest BCUT2D eigenvalue weighted by molar-refractivity contribution is 6.30. The molecule has 0 saturated carbocycles. The molecule has 17 heavy (non-hydrogen) atoms. The number of likely N-dealkylation sites (tertiary alicyclic amines) is 1. The van der Waals surface area contributed by atoms with Gasteiger partial charge < -0.3 is 5.11 Å². The van der Waals surface area contributed by atoms with Crippen molar-refractivity contribution in [3.8, 4) is 0 Å². The van der Waals surface area contributed by atoms with E-state index in [0.717, 1.165) is 25.2 Å². The van der Waals surface area contributed by atoms with Crippen molar-refractivity contribution >= 4 is 17.6 Å². The van der Waals surface area contributed by atoms with Gasteiger partial charge in [-0.25, -0.2) is 4.98 Å². The number of hydrogen-bond acceptors (Lipinski definition) is 3. The zero-order valence-corrected chi connectivity index (χ0v) is 10.2. The second-order valence-electron chi connectivity index (χ2n) is 4.34. The van der Waals surface area contributed by atoms with Crippen molar-refractivity contribution in [3.05, 3.63) is 29.0 Å². The van der Waals surface area contributed by atoms with Gasteiger partial charge in [-0.3, -0.25) is 9.69 Å². The maximum atomic E-state index is 10.8. The van der Waals surface area contributed by atoms with Crippen LogP contribution in [0, 0.1) is 5.92 Å². The van der Waals surface area contributed by atoms with E-state index in [4.69, 9.17) is 16.7 Å². The van der Waals surface area contributed by atoms with Crippen LogP contribution in [0.15, 0.2) is 18.3 Å². The van der Waals surface area contributed by atoms with Crippen molar-refractivity contribution in [2.75, 3.05) is 13.1 Å². The number of aromatic nitrogens is 1. The number of piperidine rings is 1. The summed E-state index contributed by atoms with van der Waals surface area (Å²) in [6, 6.07) is 3.82. The molecule has 0 aromatic carbocycles. The quantitative estimate of drug-likeness (QED) is 0.839. The van der Waals surface area contributed by atoms with Crippen LogP contribution in [0.1, 0.15) is 18.4 Å². The van der Waals surface area contributed by atoms with Crippen LogP contribution in [-0.2, 0) is 11.3 Å². The summed E-state index contributed by atoms with van der Waals surface area (Å²) in [7, 11) is 0. The van der Waals surface area contributed by atoms with Crippen LogP contribution >= 0.6 is 11.6 Å². The van der Waals surface area contributed by atoms with Crippen LogP contribution in [0.5, 0.6) is 0 Å². The lowest BCUT2D eigenvalue weighted by Gasteiger charge is -2.30. The topological polar surface area (TPSA) is 53.4 Å². The molecule has 1 aromatic rings. The fraction of sp³-hybridized carbons (Fsp3) is 0.500. The second kappa shape index (κ2) is 5.47. The summed E-state index contributed by atoms with van der Waals surface area (Å²) in [5, 5.41) is 9.44. The zero-order chi connectivity index (χ0) is 12.3. The molecule has 1 aromatic heterocycles. The van der Waals surface area contributed by atoms with E-state index in [1.54, 1.807) is 6.20 Å². The first-order valence-electron chi connectivity index (χ1n) is 5.71. The fourth-order valence-corrected chi connectivity index (χ4v) is 2.30. The number of carbonyl (C=O) groups is 1. The van der Waals surface area contributed by atoms with Gasteiger partial charge >= 0.3 is 5.97 Å². The number of pyridine rings is 1. The normalized spacial score (nSPS) is 18.2. The molecular weight excluding hydrogens is 240 g/mol. The van der Waals surface area contributed by atoms with E-state index in [1.165, 1.54) is 0 Å². The first-order valence-corrected chi connectivity index (χ1v) is 6.09. The second-order valence-corrected chi connectivity index (χ2v) is 4.70. The molecule has 92 valence electrons. The van der Waals surface area contributed by atoms with Crippen molar-refractivity contribution in [2.45, 2.75) is 19.4 Å². The van der Waals surface area contributed by atoms with Gasteiger partial charge in [0.05, 0.1) is 5.92 Å². The van der Waals surface area contributed by atoms with Gasteiger partial charge in [-0.15, -0.1) is 0 Å². The van der Waals surface area contributed by atoms with E-state index in [-0.39, 0.29) is 5.92 Å². The van der Waals surface area contributed by atoms with Crippen LogP contribution < -0.4 is 0 Å². The average molecular weight is 255 g/mol. The molecule has 0 unspecified atom stereocenters. The molecule has 0 spiro atoms. The zero-order valence-electron chi connectivity index (χ0n) is 9.47. The molecule has 0 aliphatic carbocycles. The SMILES string of the molecule is O=C(O)C1CCN(Cc2cccnc2Cl)CC1. The summed E-state index contributed by atoms with van der Waals surface area (Å²) in [4.78, 5) is 17.1. The van der Waals surface area contributed by atoms with Crippen LogP contribution in [0.2, 0.25) is 5.15 Å². The minimum atomic E-state index is -0.677. The molecule has 2 rings (SSSR count). The molecular formula is C12H15ClN2O2. The Morgan fingerprint density at radius 1 is 1.53 bits per heavy atom. The average Bonchev–Trinajstić information content (AvgIpc) is 2.33. The summed E-state index contributed by atoms with van der Waals surface area (Å²) >= 11 is 5.99. The van der Waals surface area contributed by atoms with Crippen LogP contribution in [0.4, 0.5) is 0 Å². The van der Waals surface area contributed by atoms with Crippen molar-refractivity contribution < 1.29 is 9.90 Å². The maximum absolute atomic E-state index is 10.8. The van der Waals surface area contributed by atoms with Gasteiger partial charge in [0.2, 0.25) is 0 Å². The number of nitrogens with zero attached hydrogens (tertiary/aromatic N) is 2. The minimum Gasteiger partial charge on any atom is -0.481 e. The monoisotopic (exact) mass is 254 g/mol. The van der Waals surface area contributed by atoms with Crippen LogP contribution in [0.25, 0.3) is 0 Å². The Morgan fingerprint density at radius 3 is 2.82 bits per heavy atom. The smallest absolute Gasteiger partial charge is 0.306 e. The Kier molecular flexibility index (Phi) is 3.97. The van der Waals surface area contributed by atoms with Crippen LogP contribution in [0.3, 0.4) is 0 Å². The summed E-state index contributed by atoms with van der Waals surface area (Å²) in [6.07, 6.45) is 3.10. The van der Waals surface area contributed by atoms with Gasteiger partial charge in [-0.2, -0.15) is 0 Å². The van der Waals surface area contributed by atoms with Gasteiger partial charge in [0.1, 0.15) is 5.15 Å². The molecule has 0 atom stereocenters. The van der Waals surface area contributed by atoms with Gasteiger partial charge in [0.25, 0.3) is 0 Å². The van der Waals surface area contributed by atoms with E-state index in [0.29, 0.717) is 18.0 Å². The first kappa shape index (κ1) is 12.3. The Hall–Kier alpha value is -1.13. The Bertz CT molecular complexity index is 403. The Balaban J connectivity index is 1.90. The summed E-state index contributed by atoms with van der Waals surface area (Å²) < 4.78 is 0. The van der Waals surface area contributed by atoms with E-state index in [9.17, 15) is 4.79 Å². The highest BCUT2D eigenvalue weighted by atomic mass is 35.5. The molecule has 1 fully saturated rings. The van der Waals surface area contributed by atoms with E-state index in [1.807, 2.05) is 12.1 Å². The van der Waals surface area contributed by atoms with E-state index in [2.05, 4.69) is 9.88 Å². The lowest BCUT2D eigenvalue weighted by atomic mass is 9.97. The highest BCUT2D eigenvalue weighted by Crippen LogP contribution is 2.21. The van der Waals surface area contributed by atoms with Gasteiger partial charge in [0, 0.05) is 18.3 Å². The number of rotatable bonds is 3. The molecule has 0 radical (unpaired) electrons. The number of carboxylic acid groups (broad SMARTS) is 1. The van der Waals surface area contributed by atoms with Gasteiger partial charge in [-0.05, 0) is 32.0 Å². The third-order valence-corrected chi connectivity index (χ3v) is 3.51. The largest absolute Gasteiger partial charge is 0.481 e. The molecule has 1 N–H and O–H groups in total. The molecule has 0 amide bonds. The molecule has 1 aliphatic heterocycles. The summed E-state index contributed by atoms with van der Waals surface area (Å²) in [5.41, 5.74) is 1.00. The molecule has 0 bridgehead atoms. The minimum absolute atomic E-state index is 0.185. The third kappa shape index (κ3) is 3.17. The molecule has 2 heterocycles. The van der Waals surface area contributed by atoms with E-state index < -0.39 is 5.97 Å². The standard InChI is InChI=1S/C12H15ClN2O2/c13-11-10(2-1-5-14-11)8-15-6-3-9(4-7-15)12(16)17/h1-2,5,9H,3-4,6-8H2,(H,16,17). The molecule has 4 nitrogen and oxygen atoms in total. The Morgan fingerprint density at radius 2 is 2.24 bits per heavy atom. The van der Waals surface area contributed by atoms with Gasteiger partial charge in [-0.1, -0.05) is 17.7 Å². The van der Waals surface area contributed by atoms with Crippen molar-refractivity contribution in [1.29, 1.82) is 0 Å². The van der Waals surface area contributed by atoms with Gasteiger partial charge in [0.15, 0.2) is 0 Å². The maximum Gasteiger partial charge on any atom is 0.306 e.